The number of rotatable bonds is 5. The fourth-order valence-electron chi connectivity index (χ4n) is 2.23. The second kappa shape index (κ2) is 5.31. The summed E-state index contributed by atoms with van der Waals surface area (Å²) in [5.41, 5.74) is 8.03. The van der Waals surface area contributed by atoms with Gasteiger partial charge in [0.05, 0.1) is 5.25 Å². The van der Waals surface area contributed by atoms with E-state index in [9.17, 15) is 8.42 Å². The van der Waals surface area contributed by atoms with Gasteiger partial charge in [-0.2, -0.15) is 4.37 Å². The molecule has 0 unspecified atom stereocenters. The van der Waals surface area contributed by atoms with E-state index in [0.29, 0.717) is 11.5 Å². The largest absolute Gasteiger partial charge is 0.382 e. The van der Waals surface area contributed by atoms with Crippen LogP contribution in [-0.2, 0) is 16.4 Å². The van der Waals surface area contributed by atoms with E-state index in [1.54, 1.807) is 0 Å². The van der Waals surface area contributed by atoms with E-state index in [1.807, 2.05) is 25.1 Å². The molecule has 1 saturated carbocycles. The first-order valence-electron chi connectivity index (χ1n) is 6.77. The minimum atomic E-state index is -3.34. The smallest absolute Gasteiger partial charge is 0.187 e. The summed E-state index contributed by atoms with van der Waals surface area (Å²) in [6.45, 7) is 2.58. The van der Waals surface area contributed by atoms with Crippen molar-refractivity contribution < 1.29 is 8.42 Å². The molecule has 0 spiro atoms. The minimum Gasteiger partial charge on any atom is -0.382 e. The summed E-state index contributed by atoms with van der Waals surface area (Å²) in [7, 11) is -3.34. The standard InChI is InChI=1S/C14H17N3O2S2/c1-9-3-2-4-10(7-9)8-16-14-12(13(15)17-20-14)21(18,19)11-5-6-11/h2-4,7,11,16H,5-6,8H2,1H3,(H2,15,17). The number of hydrogen-bond donors (Lipinski definition) is 2. The van der Waals surface area contributed by atoms with Gasteiger partial charge in [-0.05, 0) is 36.9 Å². The summed E-state index contributed by atoms with van der Waals surface area (Å²) in [5.74, 6) is 0.110. The van der Waals surface area contributed by atoms with Crippen molar-refractivity contribution in [2.24, 2.45) is 0 Å². The van der Waals surface area contributed by atoms with Crippen LogP contribution in [0.15, 0.2) is 29.2 Å². The molecule has 1 aromatic heterocycles. The molecule has 1 heterocycles. The molecule has 7 heteroatoms. The maximum absolute atomic E-state index is 12.4. The Morgan fingerprint density at radius 1 is 1.43 bits per heavy atom. The molecule has 0 saturated heterocycles. The summed E-state index contributed by atoms with van der Waals surface area (Å²) in [4.78, 5) is 0.183. The molecular weight excluding hydrogens is 306 g/mol. The maximum Gasteiger partial charge on any atom is 0.187 e. The maximum atomic E-state index is 12.4. The average Bonchev–Trinajstić information content (AvgIpc) is 3.21. The van der Waals surface area contributed by atoms with E-state index in [-0.39, 0.29) is 16.0 Å². The second-order valence-electron chi connectivity index (χ2n) is 5.31. The van der Waals surface area contributed by atoms with Gasteiger partial charge in [-0.25, -0.2) is 8.42 Å². The first kappa shape index (κ1) is 14.3. The molecule has 0 radical (unpaired) electrons. The average molecular weight is 323 g/mol. The predicted molar refractivity (Wildman–Crippen MR) is 85.2 cm³/mol. The van der Waals surface area contributed by atoms with Crippen LogP contribution in [0.4, 0.5) is 10.8 Å². The number of aryl methyl sites for hydroxylation is 1. The van der Waals surface area contributed by atoms with E-state index >= 15 is 0 Å². The van der Waals surface area contributed by atoms with Crippen molar-refractivity contribution in [2.45, 2.75) is 36.5 Å². The molecule has 5 nitrogen and oxygen atoms in total. The lowest BCUT2D eigenvalue weighted by molar-refractivity contribution is 0.595. The third kappa shape index (κ3) is 2.89. The van der Waals surface area contributed by atoms with E-state index in [2.05, 4.69) is 15.8 Å². The van der Waals surface area contributed by atoms with Gasteiger partial charge in [0.2, 0.25) is 0 Å². The van der Waals surface area contributed by atoms with Crippen LogP contribution in [0.3, 0.4) is 0 Å². The van der Waals surface area contributed by atoms with Crippen LogP contribution in [0.5, 0.6) is 0 Å². The highest BCUT2D eigenvalue weighted by Gasteiger charge is 2.40. The van der Waals surface area contributed by atoms with Gasteiger partial charge in [0, 0.05) is 6.54 Å². The molecule has 1 aliphatic rings. The monoisotopic (exact) mass is 323 g/mol. The van der Waals surface area contributed by atoms with Crippen LogP contribution < -0.4 is 11.1 Å². The van der Waals surface area contributed by atoms with Gasteiger partial charge >= 0.3 is 0 Å². The molecular formula is C14H17N3O2S2. The topological polar surface area (TPSA) is 85.1 Å². The van der Waals surface area contributed by atoms with Gasteiger partial charge in [-0.15, -0.1) is 0 Å². The Bertz CT molecular complexity index is 764. The van der Waals surface area contributed by atoms with Crippen molar-refractivity contribution in [2.75, 3.05) is 11.1 Å². The Balaban J connectivity index is 1.84. The van der Waals surface area contributed by atoms with Crippen LogP contribution in [0.2, 0.25) is 0 Å². The van der Waals surface area contributed by atoms with Crippen LogP contribution in [0.25, 0.3) is 0 Å². The van der Waals surface area contributed by atoms with Crippen LogP contribution in [-0.4, -0.2) is 18.0 Å². The predicted octanol–water partition coefficient (Wildman–Crippen LogP) is 2.58. The molecule has 0 amide bonds. The van der Waals surface area contributed by atoms with E-state index in [4.69, 9.17) is 5.73 Å². The van der Waals surface area contributed by atoms with Crippen molar-refractivity contribution >= 4 is 32.2 Å². The van der Waals surface area contributed by atoms with E-state index in [0.717, 1.165) is 29.9 Å². The quantitative estimate of drug-likeness (QED) is 0.883. The molecule has 3 rings (SSSR count). The fourth-order valence-corrected chi connectivity index (χ4v) is 5.11. The normalized spacial score (nSPS) is 15.1. The summed E-state index contributed by atoms with van der Waals surface area (Å²) >= 11 is 1.11. The highest BCUT2D eigenvalue weighted by atomic mass is 32.2. The molecule has 112 valence electrons. The van der Waals surface area contributed by atoms with Gasteiger partial charge in [0.15, 0.2) is 15.7 Å². The number of benzene rings is 1. The van der Waals surface area contributed by atoms with Crippen LogP contribution in [0.1, 0.15) is 24.0 Å². The highest BCUT2D eigenvalue weighted by molar-refractivity contribution is 7.92. The van der Waals surface area contributed by atoms with Crippen LogP contribution in [0, 0.1) is 6.92 Å². The Hall–Kier alpha value is -1.60. The Morgan fingerprint density at radius 3 is 2.86 bits per heavy atom. The minimum absolute atomic E-state index is 0.110. The fraction of sp³-hybridized carbons (Fsp3) is 0.357. The zero-order valence-corrected chi connectivity index (χ0v) is 13.3. The molecule has 21 heavy (non-hydrogen) atoms. The van der Waals surface area contributed by atoms with Gasteiger partial charge in [0.25, 0.3) is 0 Å². The first-order chi connectivity index (χ1) is 9.98. The Morgan fingerprint density at radius 2 is 2.19 bits per heavy atom. The molecule has 0 atom stereocenters. The number of aromatic nitrogens is 1. The second-order valence-corrected chi connectivity index (χ2v) is 8.25. The zero-order chi connectivity index (χ0) is 15.0. The first-order valence-corrected chi connectivity index (χ1v) is 9.09. The zero-order valence-electron chi connectivity index (χ0n) is 11.7. The van der Waals surface area contributed by atoms with Crippen molar-refractivity contribution in [1.82, 2.24) is 4.37 Å². The SMILES string of the molecule is Cc1cccc(CNc2snc(N)c2S(=O)(=O)C2CC2)c1. The van der Waals surface area contributed by atoms with Gasteiger partial charge in [-0.1, -0.05) is 29.8 Å². The number of anilines is 2. The Labute approximate surface area is 128 Å². The lowest BCUT2D eigenvalue weighted by Gasteiger charge is -2.08. The lowest BCUT2D eigenvalue weighted by Crippen LogP contribution is -2.11. The van der Waals surface area contributed by atoms with Crippen molar-refractivity contribution in [3.8, 4) is 0 Å². The van der Waals surface area contributed by atoms with E-state index < -0.39 is 9.84 Å². The highest BCUT2D eigenvalue weighted by Crippen LogP contribution is 2.41. The molecule has 2 aromatic rings. The number of nitrogen functional groups attached to an aromatic ring is 1. The number of sulfone groups is 1. The number of hydrogen-bond acceptors (Lipinski definition) is 6. The molecule has 1 aromatic carbocycles. The lowest BCUT2D eigenvalue weighted by atomic mass is 10.1. The number of nitrogens with two attached hydrogens (primary N) is 1. The van der Waals surface area contributed by atoms with Crippen molar-refractivity contribution in [3.05, 3.63) is 35.4 Å². The molecule has 3 N–H and O–H groups in total. The molecule has 0 aliphatic heterocycles. The van der Waals surface area contributed by atoms with Gasteiger partial charge in [0.1, 0.15) is 9.90 Å². The molecule has 1 fully saturated rings. The molecule has 1 aliphatic carbocycles. The third-order valence-corrected chi connectivity index (χ3v) is 6.74. The Kier molecular flexibility index (Phi) is 3.62. The van der Waals surface area contributed by atoms with Crippen molar-refractivity contribution in [3.63, 3.8) is 0 Å². The van der Waals surface area contributed by atoms with Crippen molar-refractivity contribution in [1.29, 1.82) is 0 Å². The third-order valence-electron chi connectivity index (χ3n) is 3.46. The summed E-state index contributed by atoms with van der Waals surface area (Å²) in [5, 5.41) is 3.42. The van der Waals surface area contributed by atoms with Gasteiger partial charge in [-0.3, -0.25) is 0 Å². The summed E-state index contributed by atoms with van der Waals surface area (Å²) in [6.07, 6.45) is 1.43. The summed E-state index contributed by atoms with van der Waals surface area (Å²) < 4.78 is 28.8. The molecule has 0 bridgehead atoms. The van der Waals surface area contributed by atoms with Gasteiger partial charge < -0.3 is 11.1 Å². The number of nitrogens with zero attached hydrogens (tertiary/aromatic N) is 1. The number of nitrogens with one attached hydrogen (secondary N) is 1. The van der Waals surface area contributed by atoms with Crippen LogP contribution >= 0.6 is 11.5 Å². The summed E-state index contributed by atoms with van der Waals surface area (Å²) in [6, 6.07) is 8.07. The van der Waals surface area contributed by atoms with E-state index in [1.165, 1.54) is 5.56 Å².